The molecule has 1 aromatic rings. The standard InChI is InChI=1S/C14H24N4/c1-10(2)3-4-12-7-14-16-9-11-8-15-6-5-13(11)18(14)17-12/h7,10-11,13,15-16H,3-6,8-9H2,1-2H3. The van der Waals surface area contributed by atoms with Crippen LogP contribution in [-0.4, -0.2) is 29.4 Å². The van der Waals surface area contributed by atoms with Crippen LogP contribution in [-0.2, 0) is 6.42 Å². The number of nitrogens with one attached hydrogen (secondary N) is 2. The SMILES string of the molecule is CC(C)CCc1cc2n(n1)C1CCNCC1CN2. The molecule has 0 aromatic carbocycles. The van der Waals surface area contributed by atoms with Crippen LogP contribution in [0, 0.1) is 11.8 Å². The molecule has 1 aromatic heterocycles. The monoisotopic (exact) mass is 248 g/mol. The highest BCUT2D eigenvalue weighted by Crippen LogP contribution is 2.32. The lowest BCUT2D eigenvalue weighted by Crippen LogP contribution is -2.44. The van der Waals surface area contributed by atoms with Gasteiger partial charge in [0.2, 0.25) is 0 Å². The van der Waals surface area contributed by atoms with Crippen LogP contribution < -0.4 is 10.6 Å². The summed E-state index contributed by atoms with van der Waals surface area (Å²) in [7, 11) is 0. The number of anilines is 1. The van der Waals surface area contributed by atoms with E-state index in [1.165, 1.54) is 24.4 Å². The number of rotatable bonds is 3. The van der Waals surface area contributed by atoms with E-state index in [0.717, 1.165) is 32.0 Å². The van der Waals surface area contributed by atoms with Crippen LogP contribution in [0.4, 0.5) is 5.82 Å². The summed E-state index contributed by atoms with van der Waals surface area (Å²) in [4.78, 5) is 0. The summed E-state index contributed by atoms with van der Waals surface area (Å²) in [5.74, 6) is 2.68. The molecule has 1 fully saturated rings. The van der Waals surface area contributed by atoms with E-state index >= 15 is 0 Å². The van der Waals surface area contributed by atoms with Crippen LogP contribution >= 0.6 is 0 Å². The molecule has 0 radical (unpaired) electrons. The molecule has 1 saturated heterocycles. The Labute approximate surface area is 109 Å². The third-order valence-electron chi connectivity index (χ3n) is 4.19. The Kier molecular flexibility index (Phi) is 3.29. The van der Waals surface area contributed by atoms with Gasteiger partial charge in [0.25, 0.3) is 0 Å². The lowest BCUT2D eigenvalue weighted by atomic mass is 9.92. The molecule has 0 spiro atoms. The van der Waals surface area contributed by atoms with Gasteiger partial charge in [-0.3, -0.25) is 0 Å². The maximum atomic E-state index is 4.83. The molecule has 2 N–H and O–H groups in total. The summed E-state index contributed by atoms with van der Waals surface area (Å²) in [6, 6.07) is 2.86. The first-order valence-corrected chi connectivity index (χ1v) is 7.27. The second-order valence-electron chi connectivity index (χ2n) is 6.10. The quantitative estimate of drug-likeness (QED) is 0.860. The van der Waals surface area contributed by atoms with Gasteiger partial charge in [-0.1, -0.05) is 13.8 Å². The molecule has 2 aliphatic heterocycles. The molecule has 4 heteroatoms. The van der Waals surface area contributed by atoms with Crippen molar-refractivity contribution >= 4 is 5.82 Å². The Morgan fingerprint density at radius 2 is 2.33 bits per heavy atom. The molecule has 2 atom stereocenters. The van der Waals surface area contributed by atoms with Crippen molar-refractivity contribution in [3.63, 3.8) is 0 Å². The largest absolute Gasteiger partial charge is 0.370 e. The Hall–Kier alpha value is -1.03. The van der Waals surface area contributed by atoms with E-state index in [0.29, 0.717) is 12.0 Å². The molecule has 4 nitrogen and oxygen atoms in total. The van der Waals surface area contributed by atoms with Crippen LogP contribution in [0.25, 0.3) is 0 Å². The van der Waals surface area contributed by atoms with Crippen molar-refractivity contribution in [1.29, 1.82) is 0 Å². The first kappa shape index (κ1) is 12.0. The number of piperidine rings is 1. The molecule has 0 bridgehead atoms. The predicted octanol–water partition coefficient (Wildman–Crippen LogP) is 2.05. The summed E-state index contributed by atoms with van der Waals surface area (Å²) in [6.45, 7) is 7.89. The van der Waals surface area contributed by atoms with Crippen molar-refractivity contribution in [3.8, 4) is 0 Å². The Morgan fingerprint density at radius 3 is 3.17 bits per heavy atom. The first-order chi connectivity index (χ1) is 8.74. The van der Waals surface area contributed by atoms with Crippen LogP contribution in [0.5, 0.6) is 0 Å². The van der Waals surface area contributed by atoms with Crippen molar-refractivity contribution in [2.45, 2.75) is 39.2 Å². The van der Waals surface area contributed by atoms with Gasteiger partial charge in [0.15, 0.2) is 0 Å². The smallest absolute Gasteiger partial charge is 0.124 e. The average molecular weight is 248 g/mol. The van der Waals surface area contributed by atoms with Crippen LogP contribution in [0.15, 0.2) is 6.07 Å². The van der Waals surface area contributed by atoms with E-state index in [1.54, 1.807) is 0 Å². The Balaban J connectivity index is 1.77. The number of hydrogen-bond donors (Lipinski definition) is 2. The van der Waals surface area contributed by atoms with Gasteiger partial charge in [-0.15, -0.1) is 0 Å². The topological polar surface area (TPSA) is 41.9 Å². The fourth-order valence-corrected chi connectivity index (χ4v) is 3.06. The van der Waals surface area contributed by atoms with Gasteiger partial charge in [0, 0.05) is 25.1 Å². The number of aryl methyl sites for hydroxylation is 1. The summed E-state index contributed by atoms with van der Waals surface area (Å²) in [5.41, 5.74) is 1.25. The number of aromatic nitrogens is 2. The normalized spacial score (nSPS) is 26.6. The maximum absolute atomic E-state index is 4.83. The fraction of sp³-hybridized carbons (Fsp3) is 0.786. The Morgan fingerprint density at radius 1 is 1.44 bits per heavy atom. The summed E-state index contributed by atoms with van der Waals surface area (Å²) in [6.07, 6.45) is 3.55. The van der Waals surface area contributed by atoms with Gasteiger partial charge in [-0.2, -0.15) is 5.10 Å². The molecular formula is C14H24N4. The molecule has 2 aliphatic rings. The van der Waals surface area contributed by atoms with E-state index in [4.69, 9.17) is 5.10 Å². The van der Waals surface area contributed by atoms with E-state index < -0.39 is 0 Å². The lowest BCUT2D eigenvalue weighted by Gasteiger charge is -2.37. The molecule has 100 valence electrons. The minimum absolute atomic E-state index is 0.607. The second-order valence-corrected chi connectivity index (χ2v) is 6.10. The van der Waals surface area contributed by atoms with Crippen molar-refractivity contribution in [3.05, 3.63) is 11.8 Å². The third kappa shape index (κ3) is 2.26. The predicted molar refractivity (Wildman–Crippen MR) is 73.9 cm³/mol. The first-order valence-electron chi connectivity index (χ1n) is 7.27. The van der Waals surface area contributed by atoms with Crippen LogP contribution in [0.1, 0.15) is 38.4 Å². The Bertz CT molecular complexity index is 410. The van der Waals surface area contributed by atoms with Gasteiger partial charge in [-0.05, 0) is 31.7 Å². The van der Waals surface area contributed by atoms with Crippen molar-refractivity contribution < 1.29 is 0 Å². The van der Waals surface area contributed by atoms with Gasteiger partial charge in [0.05, 0.1) is 11.7 Å². The highest BCUT2D eigenvalue weighted by Gasteiger charge is 2.32. The van der Waals surface area contributed by atoms with Gasteiger partial charge in [0.1, 0.15) is 5.82 Å². The third-order valence-corrected chi connectivity index (χ3v) is 4.19. The molecule has 0 saturated carbocycles. The molecule has 2 unspecified atom stereocenters. The average Bonchev–Trinajstić information content (AvgIpc) is 2.79. The van der Waals surface area contributed by atoms with Crippen molar-refractivity contribution in [2.24, 2.45) is 11.8 Å². The van der Waals surface area contributed by atoms with Crippen LogP contribution in [0.2, 0.25) is 0 Å². The minimum Gasteiger partial charge on any atom is -0.370 e. The zero-order valence-electron chi connectivity index (χ0n) is 11.4. The zero-order valence-corrected chi connectivity index (χ0v) is 11.4. The van der Waals surface area contributed by atoms with E-state index in [1.807, 2.05) is 0 Å². The van der Waals surface area contributed by atoms with E-state index in [9.17, 15) is 0 Å². The van der Waals surface area contributed by atoms with E-state index in [2.05, 4.69) is 35.2 Å². The van der Waals surface area contributed by atoms with Gasteiger partial charge < -0.3 is 10.6 Å². The lowest BCUT2D eigenvalue weighted by molar-refractivity contribution is 0.236. The molecule has 3 heterocycles. The van der Waals surface area contributed by atoms with Crippen LogP contribution in [0.3, 0.4) is 0 Å². The number of fused-ring (bicyclic) bond motifs is 3. The molecule has 0 amide bonds. The highest BCUT2D eigenvalue weighted by atomic mass is 15.4. The summed E-state index contributed by atoms with van der Waals surface area (Å²) < 4.78 is 2.25. The number of nitrogens with zero attached hydrogens (tertiary/aromatic N) is 2. The molecule has 3 rings (SSSR count). The summed E-state index contributed by atoms with van der Waals surface area (Å²) in [5, 5.41) is 11.8. The van der Waals surface area contributed by atoms with Gasteiger partial charge in [-0.25, -0.2) is 4.68 Å². The van der Waals surface area contributed by atoms with Crippen molar-refractivity contribution in [2.75, 3.05) is 25.0 Å². The molecule has 0 aliphatic carbocycles. The second kappa shape index (κ2) is 4.92. The number of hydrogen-bond acceptors (Lipinski definition) is 3. The maximum Gasteiger partial charge on any atom is 0.124 e. The zero-order chi connectivity index (χ0) is 12.5. The van der Waals surface area contributed by atoms with Gasteiger partial charge >= 0.3 is 0 Å². The van der Waals surface area contributed by atoms with Crippen molar-refractivity contribution in [1.82, 2.24) is 15.1 Å². The fourth-order valence-electron chi connectivity index (χ4n) is 3.06. The molecule has 18 heavy (non-hydrogen) atoms. The highest BCUT2D eigenvalue weighted by molar-refractivity contribution is 5.40. The molecular weight excluding hydrogens is 224 g/mol. The van der Waals surface area contributed by atoms with E-state index in [-0.39, 0.29) is 0 Å². The minimum atomic E-state index is 0.607. The summed E-state index contributed by atoms with van der Waals surface area (Å²) >= 11 is 0.